The lowest BCUT2D eigenvalue weighted by molar-refractivity contribution is -0.137. The maximum absolute atomic E-state index is 12.5. The van der Waals surface area contributed by atoms with Crippen LogP contribution in [0.1, 0.15) is 11.1 Å². The van der Waals surface area contributed by atoms with Crippen LogP contribution in [0.5, 0.6) is 0 Å². The number of fused-ring (bicyclic) bond motifs is 1. The van der Waals surface area contributed by atoms with E-state index in [4.69, 9.17) is 5.26 Å². The van der Waals surface area contributed by atoms with Crippen molar-refractivity contribution in [2.75, 3.05) is 0 Å². The number of nitrogens with zero attached hydrogens (tertiary/aromatic N) is 2. The minimum Gasteiger partial charge on any atom is -0.338 e. The van der Waals surface area contributed by atoms with Gasteiger partial charge in [-0.05, 0) is 24.3 Å². The molecule has 3 nitrogen and oxygen atoms in total. The summed E-state index contributed by atoms with van der Waals surface area (Å²) in [6.07, 6.45) is -4.36. The summed E-state index contributed by atoms with van der Waals surface area (Å²) in [5, 5.41) is 9.01. The third-order valence-electron chi connectivity index (χ3n) is 3.12. The summed E-state index contributed by atoms with van der Waals surface area (Å²) in [7, 11) is 0. The Labute approximate surface area is 117 Å². The summed E-state index contributed by atoms with van der Waals surface area (Å²) < 4.78 is 37.6. The second-order valence-corrected chi connectivity index (χ2v) is 4.47. The van der Waals surface area contributed by atoms with Crippen molar-refractivity contribution in [1.82, 2.24) is 9.97 Å². The monoisotopic (exact) mass is 287 g/mol. The fourth-order valence-electron chi connectivity index (χ4n) is 2.08. The van der Waals surface area contributed by atoms with Crippen LogP contribution in [0, 0.1) is 11.3 Å². The molecule has 104 valence electrons. The standard InChI is InChI=1S/C15H8F3N3/c16-15(17,18)11-6-4-9(5-7-11)14-20-12-3-1-2-10(8-19)13(12)21-14/h1-7H,(H,20,21). The highest BCUT2D eigenvalue weighted by Crippen LogP contribution is 2.31. The number of benzene rings is 2. The van der Waals surface area contributed by atoms with E-state index in [9.17, 15) is 13.2 Å². The number of hydrogen-bond acceptors (Lipinski definition) is 2. The largest absolute Gasteiger partial charge is 0.416 e. The number of aromatic nitrogens is 2. The van der Waals surface area contributed by atoms with Gasteiger partial charge < -0.3 is 4.98 Å². The molecule has 0 atom stereocenters. The van der Waals surface area contributed by atoms with Crippen LogP contribution in [0.3, 0.4) is 0 Å². The van der Waals surface area contributed by atoms with Gasteiger partial charge >= 0.3 is 6.18 Å². The number of rotatable bonds is 1. The van der Waals surface area contributed by atoms with Crippen LogP contribution < -0.4 is 0 Å². The van der Waals surface area contributed by atoms with E-state index in [1.165, 1.54) is 12.1 Å². The summed E-state index contributed by atoms with van der Waals surface area (Å²) in [5.41, 5.74) is 1.42. The Morgan fingerprint density at radius 2 is 1.76 bits per heavy atom. The first-order chi connectivity index (χ1) is 9.99. The number of nitrogens with one attached hydrogen (secondary N) is 1. The van der Waals surface area contributed by atoms with Gasteiger partial charge in [0, 0.05) is 5.56 Å². The molecule has 0 fully saturated rings. The Morgan fingerprint density at radius 1 is 1.05 bits per heavy atom. The van der Waals surface area contributed by atoms with E-state index in [2.05, 4.69) is 9.97 Å². The van der Waals surface area contributed by atoms with Crippen LogP contribution in [0.25, 0.3) is 22.4 Å². The number of imidazole rings is 1. The van der Waals surface area contributed by atoms with Gasteiger partial charge in [-0.15, -0.1) is 0 Å². The third-order valence-corrected chi connectivity index (χ3v) is 3.12. The maximum atomic E-state index is 12.5. The van der Waals surface area contributed by atoms with Crippen molar-refractivity contribution in [2.24, 2.45) is 0 Å². The molecule has 21 heavy (non-hydrogen) atoms. The molecule has 0 radical (unpaired) electrons. The van der Waals surface area contributed by atoms with E-state index in [-0.39, 0.29) is 0 Å². The molecular weight excluding hydrogens is 279 g/mol. The van der Waals surface area contributed by atoms with Crippen molar-refractivity contribution in [3.63, 3.8) is 0 Å². The molecule has 0 saturated carbocycles. The fraction of sp³-hybridized carbons (Fsp3) is 0.0667. The number of alkyl halides is 3. The first-order valence-electron chi connectivity index (χ1n) is 6.05. The van der Waals surface area contributed by atoms with Crippen LogP contribution in [0.2, 0.25) is 0 Å². The normalized spacial score (nSPS) is 11.5. The molecule has 1 N–H and O–H groups in total. The topological polar surface area (TPSA) is 52.5 Å². The Balaban J connectivity index is 2.07. The first kappa shape index (κ1) is 13.2. The van der Waals surface area contributed by atoms with Crippen molar-refractivity contribution < 1.29 is 13.2 Å². The maximum Gasteiger partial charge on any atom is 0.416 e. The molecule has 1 heterocycles. The molecule has 0 amide bonds. The Bertz CT molecular complexity index is 839. The number of H-pyrrole nitrogens is 1. The van der Waals surface area contributed by atoms with Gasteiger partial charge in [0.15, 0.2) is 0 Å². The van der Waals surface area contributed by atoms with Gasteiger partial charge in [0.1, 0.15) is 17.4 Å². The van der Waals surface area contributed by atoms with Gasteiger partial charge in [-0.1, -0.05) is 18.2 Å². The second kappa shape index (κ2) is 4.63. The molecule has 3 aromatic rings. The molecule has 0 aliphatic rings. The van der Waals surface area contributed by atoms with E-state index in [0.29, 0.717) is 28.0 Å². The zero-order valence-corrected chi connectivity index (χ0v) is 10.6. The molecule has 6 heteroatoms. The van der Waals surface area contributed by atoms with Gasteiger partial charge in [0.05, 0.1) is 16.6 Å². The van der Waals surface area contributed by atoms with Crippen molar-refractivity contribution >= 4 is 11.0 Å². The Kier molecular flexibility index (Phi) is 2.91. The first-order valence-corrected chi connectivity index (χ1v) is 6.05. The van der Waals surface area contributed by atoms with Crippen molar-refractivity contribution in [3.05, 3.63) is 53.6 Å². The van der Waals surface area contributed by atoms with Crippen LogP contribution in [0.4, 0.5) is 13.2 Å². The van der Waals surface area contributed by atoms with E-state index in [1.54, 1.807) is 18.2 Å². The predicted molar refractivity (Wildman–Crippen MR) is 71.2 cm³/mol. The van der Waals surface area contributed by atoms with Crippen LogP contribution in [-0.2, 0) is 6.18 Å². The Hall–Kier alpha value is -2.81. The summed E-state index contributed by atoms with van der Waals surface area (Å²) in [6.45, 7) is 0. The lowest BCUT2D eigenvalue weighted by Crippen LogP contribution is -2.04. The highest BCUT2D eigenvalue weighted by molar-refractivity contribution is 5.84. The highest BCUT2D eigenvalue weighted by Gasteiger charge is 2.30. The second-order valence-electron chi connectivity index (χ2n) is 4.47. The average molecular weight is 287 g/mol. The molecule has 0 unspecified atom stereocenters. The minimum absolute atomic E-state index is 0.418. The molecule has 3 rings (SSSR count). The lowest BCUT2D eigenvalue weighted by atomic mass is 10.1. The SMILES string of the molecule is N#Cc1cccc2[nH]c(-c3ccc(C(F)(F)F)cc3)nc12. The third kappa shape index (κ3) is 2.34. The molecule has 0 aliphatic carbocycles. The molecule has 0 aliphatic heterocycles. The zero-order chi connectivity index (χ0) is 15.0. The predicted octanol–water partition coefficient (Wildman–Crippen LogP) is 4.12. The van der Waals surface area contributed by atoms with Crippen molar-refractivity contribution in [1.29, 1.82) is 5.26 Å². The van der Waals surface area contributed by atoms with Gasteiger partial charge in [-0.3, -0.25) is 0 Å². The van der Waals surface area contributed by atoms with E-state index in [1.807, 2.05) is 6.07 Å². The van der Waals surface area contributed by atoms with Crippen molar-refractivity contribution in [3.8, 4) is 17.5 Å². The molecule has 0 spiro atoms. The molecule has 0 saturated heterocycles. The quantitative estimate of drug-likeness (QED) is 0.732. The fourth-order valence-corrected chi connectivity index (χ4v) is 2.08. The average Bonchev–Trinajstić information content (AvgIpc) is 2.90. The van der Waals surface area contributed by atoms with Gasteiger partial charge in [-0.2, -0.15) is 18.4 Å². The number of nitriles is 1. The molecule has 1 aromatic heterocycles. The smallest absolute Gasteiger partial charge is 0.338 e. The lowest BCUT2D eigenvalue weighted by Gasteiger charge is -2.06. The number of hydrogen-bond donors (Lipinski definition) is 1. The minimum atomic E-state index is -4.36. The van der Waals surface area contributed by atoms with E-state index >= 15 is 0 Å². The van der Waals surface area contributed by atoms with E-state index in [0.717, 1.165) is 12.1 Å². The van der Waals surface area contributed by atoms with Crippen molar-refractivity contribution in [2.45, 2.75) is 6.18 Å². The summed E-state index contributed by atoms with van der Waals surface area (Å²) >= 11 is 0. The molecule has 0 bridgehead atoms. The van der Waals surface area contributed by atoms with Gasteiger partial charge in [0.25, 0.3) is 0 Å². The van der Waals surface area contributed by atoms with Crippen LogP contribution in [-0.4, -0.2) is 9.97 Å². The van der Waals surface area contributed by atoms with E-state index < -0.39 is 11.7 Å². The molecular formula is C15H8F3N3. The summed E-state index contributed by atoms with van der Waals surface area (Å²) in [4.78, 5) is 7.29. The summed E-state index contributed by atoms with van der Waals surface area (Å²) in [5.74, 6) is 0.432. The number of halogens is 3. The van der Waals surface area contributed by atoms with Gasteiger partial charge in [0.2, 0.25) is 0 Å². The molecule has 2 aromatic carbocycles. The summed E-state index contributed by atoms with van der Waals surface area (Å²) in [6, 6.07) is 11.9. The number of para-hydroxylation sites is 1. The highest BCUT2D eigenvalue weighted by atomic mass is 19.4. The zero-order valence-electron chi connectivity index (χ0n) is 10.6. The van der Waals surface area contributed by atoms with Crippen LogP contribution in [0.15, 0.2) is 42.5 Å². The van der Waals surface area contributed by atoms with Gasteiger partial charge in [-0.25, -0.2) is 4.98 Å². The van der Waals surface area contributed by atoms with Crippen LogP contribution >= 0.6 is 0 Å². The Morgan fingerprint density at radius 3 is 2.38 bits per heavy atom. The number of aromatic amines is 1.